The van der Waals surface area contributed by atoms with Crippen molar-refractivity contribution in [3.05, 3.63) is 41.3 Å². The van der Waals surface area contributed by atoms with Crippen molar-refractivity contribution in [3.63, 3.8) is 0 Å². The first-order valence-electron chi connectivity index (χ1n) is 5.04. The lowest BCUT2D eigenvalue weighted by Crippen LogP contribution is -1.74. The maximum Gasteiger partial charge on any atom is 0.123 e. The van der Waals surface area contributed by atoms with Gasteiger partial charge in [0.15, 0.2) is 0 Å². The topological polar surface area (TPSA) is 12.9 Å². The van der Waals surface area contributed by atoms with Crippen LogP contribution in [0, 0.1) is 5.82 Å². The Morgan fingerprint density at radius 3 is 2.93 bits per heavy atom. The lowest BCUT2D eigenvalue weighted by molar-refractivity contribution is 0.628. The fourth-order valence-corrected chi connectivity index (χ4v) is 2.67. The largest absolute Gasteiger partial charge is 0.249 e. The summed E-state index contributed by atoms with van der Waals surface area (Å²) in [4.78, 5) is 5.45. The summed E-state index contributed by atoms with van der Waals surface area (Å²) in [6, 6.07) is 6.69. The Morgan fingerprint density at radius 1 is 1.33 bits per heavy atom. The van der Waals surface area contributed by atoms with E-state index < -0.39 is 0 Å². The lowest BCUT2D eigenvalue weighted by Gasteiger charge is -1.95. The number of hydrogen-bond donors (Lipinski definition) is 0. The number of halogens is 1. The minimum absolute atomic E-state index is 0.186. The van der Waals surface area contributed by atoms with Gasteiger partial charge in [-0.2, -0.15) is 0 Å². The molecule has 0 bridgehead atoms. The molecule has 1 aliphatic carbocycles. The molecule has 3 heteroatoms. The van der Waals surface area contributed by atoms with E-state index in [1.54, 1.807) is 23.5 Å². The van der Waals surface area contributed by atoms with Crippen molar-refractivity contribution in [2.24, 2.45) is 0 Å². The molecule has 0 amide bonds. The van der Waals surface area contributed by atoms with Crippen LogP contribution in [-0.4, -0.2) is 4.98 Å². The van der Waals surface area contributed by atoms with Gasteiger partial charge in [-0.15, -0.1) is 11.3 Å². The van der Waals surface area contributed by atoms with E-state index in [4.69, 9.17) is 0 Å². The second-order valence-corrected chi connectivity index (χ2v) is 4.91. The molecule has 1 aromatic heterocycles. The zero-order valence-corrected chi connectivity index (χ0v) is 8.93. The fraction of sp³-hybridized carbons (Fsp3) is 0.250. The van der Waals surface area contributed by atoms with E-state index in [2.05, 4.69) is 4.98 Å². The van der Waals surface area contributed by atoms with Gasteiger partial charge in [0.2, 0.25) is 0 Å². The Bertz CT molecular complexity index is 488. The molecule has 0 atom stereocenters. The van der Waals surface area contributed by atoms with E-state index >= 15 is 0 Å². The van der Waals surface area contributed by atoms with Crippen LogP contribution in [0.25, 0.3) is 10.4 Å². The van der Waals surface area contributed by atoms with Gasteiger partial charge in [-0.1, -0.05) is 12.1 Å². The molecule has 15 heavy (non-hydrogen) atoms. The average molecular weight is 219 g/mol. The van der Waals surface area contributed by atoms with Gasteiger partial charge in [-0.25, -0.2) is 9.37 Å². The van der Waals surface area contributed by atoms with Crippen molar-refractivity contribution in [3.8, 4) is 10.4 Å². The lowest BCUT2D eigenvalue weighted by atomic mass is 10.2. The molecule has 1 aromatic carbocycles. The number of nitrogens with zero attached hydrogens (tertiary/aromatic N) is 1. The third kappa shape index (κ3) is 1.79. The van der Waals surface area contributed by atoms with E-state index in [1.807, 2.05) is 12.3 Å². The highest BCUT2D eigenvalue weighted by atomic mass is 32.1. The number of hydrogen-bond acceptors (Lipinski definition) is 2. The van der Waals surface area contributed by atoms with Crippen LogP contribution in [0.3, 0.4) is 0 Å². The first kappa shape index (κ1) is 9.04. The van der Waals surface area contributed by atoms with Crippen molar-refractivity contribution in [1.82, 2.24) is 4.98 Å². The van der Waals surface area contributed by atoms with Gasteiger partial charge in [0.1, 0.15) is 5.82 Å². The highest BCUT2D eigenvalue weighted by Gasteiger charge is 2.26. The third-order valence-corrected chi connectivity index (χ3v) is 3.77. The molecule has 3 rings (SSSR count). The minimum atomic E-state index is -0.186. The summed E-state index contributed by atoms with van der Waals surface area (Å²) in [5, 5.41) is 1.20. The van der Waals surface area contributed by atoms with Gasteiger partial charge in [-0.3, -0.25) is 0 Å². The van der Waals surface area contributed by atoms with E-state index in [0.717, 1.165) is 10.4 Å². The Morgan fingerprint density at radius 2 is 2.20 bits per heavy atom. The highest BCUT2D eigenvalue weighted by molar-refractivity contribution is 7.15. The van der Waals surface area contributed by atoms with Gasteiger partial charge >= 0.3 is 0 Å². The van der Waals surface area contributed by atoms with E-state index in [0.29, 0.717) is 5.92 Å². The summed E-state index contributed by atoms with van der Waals surface area (Å²) in [5.74, 6) is 0.492. The second kappa shape index (κ2) is 3.42. The van der Waals surface area contributed by atoms with Gasteiger partial charge in [0.05, 0.1) is 9.88 Å². The molecular weight excluding hydrogens is 209 g/mol. The molecule has 1 saturated carbocycles. The summed E-state index contributed by atoms with van der Waals surface area (Å²) in [7, 11) is 0. The van der Waals surface area contributed by atoms with Crippen LogP contribution in [-0.2, 0) is 0 Å². The molecular formula is C12H10FNS. The SMILES string of the molecule is Fc1cccc(-c2cnc(C3CC3)s2)c1. The number of benzene rings is 1. The summed E-state index contributed by atoms with van der Waals surface area (Å²) in [6.07, 6.45) is 4.37. The van der Waals surface area contributed by atoms with Crippen LogP contribution in [0.5, 0.6) is 0 Å². The molecule has 0 spiro atoms. The predicted molar refractivity (Wildman–Crippen MR) is 59.5 cm³/mol. The van der Waals surface area contributed by atoms with Crippen LogP contribution in [0.15, 0.2) is 30.5 Å². The van der Waals surface area contributed by atoms with Gasteiger partial charge in [-0.05, 0) is 30.5 Å². The predicted octanol–water partition coefficient (Wildman–Crippen LogP) is 3.83. The zero-order chi connectivity index (χ0) is 10.3. The van der Waals surface area contributed by atoms with Crippen LogP contribution in [0.4, 0.5) is 4.39 Å². The molecule has 1 fully saturated rings. The Hall–Kier alpha value is -1.22. The molecule has 0 saturated heterocycles. The zero-order valence-electron chi connectivity index (χ0n) is 8.11. The molecule has 0 unspecified atom stereocenters. The van der Waals surface area contributed by atoms with E-state index in [-0.39, 0.29) is 5.82 Å². The summed E-state index contributed by atoms with van der Waals surface area (Å²) >= 11 is 1.69. The summed E-state index contributed by atoms with van der Waals surface area (Å²) < 4.78 is 13.0. The van der Waals surface area contributed by atoms with Crippen LogP contribution in [0.2, 0.25) is 0 Å². The minimum Gasteiger partial charge on any atom is -0.249 e. The van der Waals surface area contributed by atoms with Crippen LogP contribution >= 0.6 is 11.3 Å². The molecule has 0 radical (unpaired) electrons. The van der Waals surface area contributed by atoms with Crippen molar-refractivity contribution >= 4 is 11.3 Å². The first-order valence-corrected chi connectivity index (χ1v) is 5.86. The van der Waals surface area contributed by atoms with Gasteiger partial charge in [0, 0.05) is 12.1 Å². The van der Waals surface area contributed by atoms with Gasteiger partial charge < -0.3 is 0 Å². The van der Waals surface area contributed by atoms with Crippen LogP contribution < -0.4 is 0 Å². The van der Waals surface area contributed by atoms with Crippen molar-refractivity contribution in [1.29, 1.82) is 0 Å². The quantitative estimate of drug-likeness (QED) is 0.748. The molecule has 76 valence electrons. The Kier molecular flexibility index (Phi) is 2.06. The molecule has 2 aromatic rings. The average Bonchev–Trinajstić information content (AvgIpc) is 2.97. The van der Waals surface area contributed by atoms with E-state index in [9.17, 15) is 4.39 Å². The normalized spacial score (nSPS) is 15.5. The number of aromatic nitrogens is 1. The Balaban J connectivity index is 1.97. The highest BCUT2D eigenvalue weighted by Crippen LogP contribution is 2.43. The first-order chi connectivity index (χ1) is 7.33. The summed E-state index contributed by atoms with van der Waals surface area (Å²) in [5.41, 5.74) is 0.930. The maximum absolute atomic E-state index is 13.0. The van der Waals surface area contributed by atoms with E-state index in [1.165, 1.54) is 23.9 Å². The molecule has 0 aliphatic heterocycles. The molecule has 1 nitrogen and oxygen atoms in total. The monoisotopic (exact) mass is 219 g/mol. The summed E-state index contributed by atoms with van der Waals surface area (Å²) in [6.45, 7) is 0. The van der Waals surface area contributed by atoms with Crippen molar-refractivity contribution < 1.29 is 4.39 Å². The number of thiazole rings is 1. The molecule has 1 heterocycles. The number of rotatable bonds is 2. The molecule has 0 N–H and O–H groups in total. The molecule has 1 aliphatic rings. The second-order valence-electron chi connectivity index (χ2n) is 3.85. The smallest absolute Gasteiger partial charge is 0.123 e. The van der Waals surface area contributed by atoms with Crippen molar-refractivity contribution in [2.45, 2.75) is 18.8 Å². The maximum atomic E-state index is 13.0. The van der Waals surface area contributed by atoms with Crippen LogP contribution in [0.1, 0.15) is 23.8 Å². The standard InChI is InChI=1S/C12H10FNS/c13-10-3-1-2-9(6-10)11-7-14-12(15-11)8-4-5-8/h1-3,6-8H,4-5H2. The van der Waals surface area contributed by atoms with Crippen molar-refractivity contribution in [2.75, 3.05) is 0 Å². The Labute approximate surface area is 91.6 Å². The third-order valence-electron chi connectivity index (χ3n) is 2.56. The van der Waals surface area contributed by atoms with Gasteiger partial charge in [0.25, 0.3) is 0 Å². The fourth-order valence-electron chi connectivity index (χ4n) is 1.58.